The molecular weight excluding hydrogens is 242 g/mol. The van der Waals surface area contributed by atoms with Gasteiger partial charge in [0.05, 0.1) is 17.8 Å². The summed E-state index contributed by atoms with van der Waals surface area (Å²) in [5, 5.41) is 6.96. The first-order valence-electron chi connectivity index (χ1n) is 6.22. The summed E-state index contributed by atoms with van der Waals surface area (Å²) < 4.78 is 7.26. The molecule has 2 heterocycles. The Labute approximate surface area is 111 Å². The molecule has 1 aliphatic rings. The minimum atomic E-state index is -0.110. The van der Waals surface area contributed by atoms with Gasteiger partial charge in [0.15, 0.2) is 0 Å². The third kappa shape index (κ3) is 2.45. The van der Waals surface area contributed by atoms with Crippen molar-refractivity contribution in [1.29, 1.82) is 0 Å². The van der Waals surface area contributed by atoms with E-state index >= 15 is 0 Å². The molecule has 0 saturated heterocycles. The van der Waals surface area contributed by atoms with E-state index in [0.717, 1.165) is 17.7 Å². The fourth-order valence-electron chi connectivity index (χ4n) is 2.23. The van der Waals surface area contributed by atoms with Gasteiger partial charge in [-0.3, -0.25) is 9.48 Å². The highest BCUT2D eigenvalue weighted by atomic mass is 16.5. The Balaban J connectivity index is 1.68. The van der Waals surface area contributed by atoms with Crippen molar-refractivity contribution < 1.29 is 9.53 Å². The van der Waals surface area contributed by atoms with E-state index in [2.05, 4.69) is 10.4 Å². The van der Waals surface area contributed by atoms with Crippen molar-refractivity contribution >= 4 is 5.91 Å². The largest absolute Gasteiger partial charge is 0.491 e. The summed E-state index contributed by atoms with van der Waals surface area (Å²) in [6.07, 6.45) is 4.06. The highest BCUT2D eigenvalue weighted by molar-refractivity contribution is 5.93. The van der Waals surface area contributed by atoms with Crippen molar-refractivity contribution in [3.8, 4) is 5.75 Å². The number of nitrogens with zero attached hydrogens (tertiary/aromatic N) is 2. The standard InChI is InChI=1S/C14H15N3O2/c1-17-8-11(7-15-17)14(18)16-12-6-10-4-2-3-5-13(10)19-9-12/h2-5,7-8,12H,6,9H2,1H3,(H,16,18)/t12-/m1/s1. The summed E-state index contributed by atoms with van der Waals surface area (Å²) in [7, 11) is 1.79. The van der Waals surface area contributed by atoms with Crippen LogP contribution in [-0.4, -0.2) is 28.3 Å². The molecule has 5 nitrogen and oxygen atoms in total. The minimum Gasteiger partial charge on any atom is -0.491 e. The topological polar surface area (TPSA) is 56.2 Å². The molecule has 0 bridgehead atoms. The SMILES string of the molecule is Cn1cc(C(=O)N[C@H]2COc3ccccc3C2)cn1. The van der Waals surface area contributed by atoms with Gasteiger partial charge >= 0.3 is 0 Å². The number of hydrogen-bond donors (Lipinski definition) is 1. The van der Waals surface area contributed by atoms with Crippen LogP contribution in [0.3, 0.4) is 0 Å². The number of aromatic nitrogens is 2. The summed E-state index contributed by atoms with van der Waals surface area (Å²) in [6, 6.07) is 7.91. The predicted molar refractivity (Wildman–Crippen MR) is 70.1 cm³/mol. The number of ether oxygens (including phenoxy) is 1. The second-order valence-corrected chi connectivity index (χ2v) is 4.70. The Morgan fingerprint density at radius 2 is 2.32 bits per heavy atom. The maximum Gasteiger partial charge on any atom is 0.254 e. The van der Waals surface area contributed by atoms with Crippen LogP contribution in [0.5, 0.6) is 5.75 Å². The van der Waals surface area contributed by atoms with Crippen LogP contribution in [0.1, 0.15) is 15.9 Å². The number of hydrogen-bond acceptors (Lipinski definition) is 3. The van der Waals surface area contributed by atoms with Gasteiger partial charge in [0.1, 0.15) is 12.4 Å². The molecule has 0 saturated carbocycles. The molecule has 1 N–H and O–H groups in total. The molecular formula is C14H15N3O2. The molecule has 0 spiro atoms. The van der Waals surface area contributed by atoms with E-state index in [-0.39, 0.29) is 11.9 Å². The van der Waals surface area contributed by atoms with Gasteiger partial charge in [-0.2, -0.15) is 5.10 Å². The van der Waals surface area contributed by atoms with Crippen LogP contribution in [0.4, 0.5) is 0 Å². The van der Waals surface area contributed by atoms with Gasteiger partial charge in [0.25, 0.3) is 5.91 Å². The van der Waals surface area contributed by atoms with Crippen LogP contribution in [0.25, 0.3) is 0 Å². The monoisotopic (exact) mass is 257 g/mol. The van der Waals surface area contributed by atoms with Crippen molar-refractivity contribution in [2.24, 2.45) is 7.05 Å². The van der Waals surface area contributed by atoms with Crippen LogP contribution in [0.2, 0.25) is 0 Å². The van der Waals surface area contributed by atoms with Crippen LogP contribution in [0.15, 0.2) is 36.7 Å². The lowest BCUT2D eigenvalue weighted by molar-refractivity contribution is 0.0915. The first-order chi connectivity index (χ1) is 9.22. The molecule has 1 amide bonds. The number of para-hydroxylation sites is 1. The molecule has 0 aliphatic carbocycles. The van der Waals surface area contributed by atoms with Crippen LogP contribution < -0.4 is 10.1 Å². The number of nitrogens with one attached hydrogen (secondary N) is 1. The van der Waals surface area contributed by atoms with Gasteiger partial charge in [-0.25, -0.2) is 0 Å². The lowest BCUT2D eigenvalue weighted by atomic mass is 10.0. The fourth-order valence-corrected chi connectivity index (χ4v) is 2.23. The normalized spacial score (nSPS) is 17.4. The average molecular weight is 257 g/mol. The molecule has 1 aromatic heterocycles. The number of aryl methyl sites for hydroxylation is 1. The molecule has 0 radical (unpaired) electrons. The Kier molecular flexibility index (Phi) is 2.95. The second-order valence-electron chi connectivity index (χ2n) is 4.70. The van der Waals surface area contributed by atoms with Gasteiger partial charge in [0, 0.05) is 13.2 Å². The highest BCUT2D eigenvalue weighted by Gasteiger charge is 2.21. The molecule has 19 heavy (non-hydrogen) atoms. The van der Waals surface area contributed by atoms with Crippen molar-refractivity contribution in [2.45, 2.75) is 12.5 Å². The van der Waals surface area contributed by atoms with Crippen molar-refractivity contribution in [1.82, 2.24) is 15.1 Å². The Hall–Kier alpha value is -2.30. The molecule has 1 aliphatic heterocycles. The Morgan fingerprint density at radius 1 is 1.47 bits per heavy atom. The Bertz CT molecular complexity index is 606. The zero-order valence-electron chi connectivity index (χ0n) is 10.7. The average Bonchev–Trinajstić information content (AvgIpc) is 2.85. The maximum atomic E-state index is 12.0. The van der Waals surface area contributed by atoms with E-state index in [0.29, 0.717) is 12.2 Å². The van der Waals surface area contributed by atoms with E-state index in [4.69, 9.17) is 4.74 Å². The third-order valence-corrected chi connectivity index (χ3v) is 3.18. The molecule has 3 rings (SSSR count). The first kappa shape index (κ1) is 11.8. The molecule has 0 unspecified atom stereocenters. The maximum absolute atomic E-state index is 12.0. The summed E-state index contributed by atoms with van der Waals surface area (Å²) >= 11 is 0. The third-order valence-electron chi connectivity index (χ3n) is 3.18. The van der Waals surface area contributed by atoms with E-state index in [1.54, 1.807) is 24.1 Å². The fraction of sp³-hybridized carbons (Fsp3) is 0.286. The number of benzene rings is 1. The van der Waals surface area contributed by atoms with Gasteiger partial charge in [-0.1, -0.05) is 18.2 Å². The summed E-state index contributed by atoms with van der Waals surface area (Å²) in [5.41, 5.74) is 1.70. The number of amides is 1. The van der Waals surface area contributed by atoms with Crippen molar-refractivity contribution in [3.05, 3.63) is 47.8 Å². The zero-order valence-corrected chi connectivity index (χ0v) is 10.7. The van der Waals surface area contributed by atoms with Crippen molar-refractivity contribution in [2.75, 3.05) is 6.61 Å². The van der Waals surface area contributed by atoms with Gasteiger partial charge < -0.3 is 10.1 Å². The Morgan fingerprint density at radius 3 is 3.11 bits per heavy atom. The summed E-state index contributed by atoms with van der Waals surface area (Å²) in [4.78, 5) is 12.0. The molecule has 1 atom stereocenters. The molecule has 5 heteroatoms. The quantitative estimate of drug-likeness (QED) is 0.878. The first-order valence-corrected chi connectivity index (χ1v) is 6.22. The van der Waals surface area contributed by atoms with E-state index in [9.17, 15) is 4.79 Å². The lowest BCUT2D eigenvalue weighted by Crippen LogP contribution is -2.42. The predicted octanol–water partition coefficient (Wildman–Crippen LogP) is 1.15. The second kappa shape index (κ2) is 4.76. The molecule has 98 valence electrons. The van der Waals surface area contributed by atoms with Crippen molar-refractivity contribution in [3.63, 3.8) is 0 Å². The smallest absolute Gasteiger partial charge is 0.254 e. The van der Waals surface area contributed by atoms with Crippen LogP contribution in [-0.2, 0) is 13.5 Å². The number of fused-ring (bicyclic) bond motifs is 1. The number of rotatable bonds is 2. The van der Waals surface area contributed by atoms with Gasteiger partial charge in [0.2, 0.25) is 0 Å². The van der Waals surface area contributed by atoms with Gasteiger partial charge in [-0.05, 0) is 18.1 Å². The minimum absolute atomic E-state index is 0.00241. The van der Waals surface area contributed by atoms with E-state index in [1.165, 1.54) is 0 Å². The summed E-state index contributed by atoms with van der Waals surface area (Å²) in [6.45, 7) is 0.503. The van der Waals surface area contributed by atoms with Gasteiger partial charge in [-0.15, -0.1) is 0 Å². The van der Waals surface area contributed by atoms with E-state index < -0.39 is 0 Å². The van der Waals surface area contributed by atoms with Crippen LogP contribution >= 0.6 is 0 Å². The summed E-state index contributed by atoms with van der Waals surface area (Å²) in [5.74, 6) is 0.801. The molecule has 0 fully saturated rings. The lowest BCUT2D eigenvalue weighted by Gasteiger charge is -2.25. The molecule has 2 aromatic rings. The van der Waals surface area contributed by atoms with Crippen LogP contribution in [0, 0.1) is 0 Å². The zero-order chi connectivity index (χ0) is 13.2. The highest BCUT2D eigenvalue weighted by Crippen LogP contribution is 2.23. The molecule has 1 aromatic carbocycles. The van der Waals surface area contributed by atoms with E-state index in [1.807, 2.05) is 24.3 Å². The number of carbonyl (C=O) groups excluding carboxylic acids is 1. The number of carbonyl (C=O) groups is 1.